The second-order valence-corrected chi connectivity index (χ2v) is 5.56. The molecule has 0 aliphatic heterocycles. The van der Waals surface area contributed by atoms with E-state index in [9.17, 15) is 5.11 Å². The highest BCUT2D eigenvalue weighted by atomic mass is 32.1. The summed E-state index contributed by atoms with van der Waals surface area (Å²) in [6, 6.07) is 15.7. The third-order valence-electron chi connectivity index (χ3n) is 3.27. The number of hydrogen-bond donors (Lipinski definition) is 2. The van der Waals surface area contributed by atoms with Gasteiger partial charge in [0.2, 0.25) is 0 Å². The van der Waals surface area contributed by atoms with Crippen LogP contribution >= 0.6 is 11.3 Å². The van der Waals surface area contributed by atoms with Gasteiger partial charge in [0.25, 0.3) is 0 Å². The van der Waals surface area contributed by atoms with Crippen molar-refractivity contribution in [1.29, 1.82) is 0 Å². The smallest absolute Gasteiger partial charge is 0.0831 e. The molecule has 0 bridgehead atoms. The lowest BCUT2D eigenvalue weighted by Gasteiger charge is -2.11. The number of thiophene rings is 1. The molecule has 1 atom stereocenters. The second-order valence-electron chi connectivity index (χ2n) is 4.65. The maximum Gasteiger partial charge on any atom is 0.0831 e. The SMILES string of the molecule is Nc1cccc(C(O)Cc2csc3ccccc23)c1. The van der Waals surface area contributed by atoms with Crippen molar-refractivity contribution in [2.24, 2.45) is 0 Å². The normalized spacial score (nSPS) is 12.7. The van der Waals surface area contributed by atoms with Gasteiger partial charge in [-0.15, -0.1) is 11.3 Å². The predicted octanol–water partition coefficient (Wildman–Crippen LogP) is 3.76. The summed E-state index contributed by atoms with van der Waals surface area (Å²) < 4.78 is 1.26. The molecule has 0 aliphatic rings. The fourth-order valence-electron chi connectivity index (χ4n) is 2.28. The van der Waals surface area contributed by atoms with Gasteiger partial charge in [0.15, 0.2) is 0 Å². The predicted molar refractivity (Wildman–Crippen MR) is 81.3 cm³/mol. The van der Waals surface area contributed by atoms with Gasteiger partial charge in [-0.2, -0.15) is 0 Å². The van der Waals surface area contributed by atoms with Crippen LogP contribution in [-0.2, 0) is 6.42 Å². The van der Waals surface area contributed by atoms with E-state index in [2.05, 4.69) is 17.5 Å². The molecule has 0 fully saturated rings. The van der Waals surface area contributed by atoms with Gasteiger partial charge in [-0.05, 0) is 40.1 Å². The van der Waals surface area contributed by atoms with E-state index in [0.29, 0.717) is 12.1 Å². The van der Waals surface area contributed by atoms with E-state index in [-0.39, 0.29) is 0 Å². The fraction of sp³-hybridized carbons (Fsp3) is 0.125. The van der Waals surface area contributed by atoms with E-state index < -0.39 is 6.10 Å². The van der Waals surface area contributed by atoms with Crippen LogP contribution in [0, 0.1) is 0 Å². The van der Waals surface area contributed by atoms with Crippen LogP contribution in [-0.4, -0.2) is 5.11 Å². The molecule has 3 N–H and O–H groups in total. The minimum atomic E-state index is -0.512. The van der Waals surface area contributed by atoms with E-state index in [4.69, 9.17) is 5.73 Å². The number of aliphatic hydroxyl groups excluding tert-OH is 1. The van der Waals surface area contributed by atoms with Crippen LogP contribution in [0.1, 0.15) is 17.2 Å². The summed E-state index contributed by atoms with van der Waals surface area (Å²) >= 11 is 1.72. The standard InChI is InChI=1S/C16H15NOS/c17-13-5-3-4-11(8-13)15(18)9-12-10-19-16-7-2-1-6-14(12)16/h1-8,10,15,18H,9,17H2. The Morgan fingerprint density at radius 1 is 1.11 bits per heavy atom. The number of nitrogen functional groups attached to an aromatic ring is 1. The molecule has 96 valence electrons. The first-order chi connectivity index (χ1) is 9.24. The van der Waals surface area contributed by atoms with Crippen molar-refractivity contribution in [1.82, 2.24) is 0 Å². The number of benzene rings is 2. The van der Waals surface area contributed by atoms with Crippen molar-refractivity contribution >= 4 is 27.1 Å². The Balaban J connectivity index is 1.89. The Labute approximate surface area is 116 Å². The van der Waals surface area contributed by atoms with Gasteiger partial charge in [-0.25, -0.2) is 0 Å². The Morgan fingerprint density at radius 2 is 1.95 bits per heavy atom. The molecule has 0 radical (unpaired) electrons. The average Bonchev–Trinajstić information content (AvgIpc) is 2.82. The second kappa shape index (κ2) is 5.03. The molecule has 2 aromatic carbocycles. The molecular weight excluding hydrogens is 254 g/mol. The molecule has 3 rings (SSSR count). The largest absolute Gasteiger partial charge is 0.399 e. The number of fused-ring (bicyclic) bond motifs is 1. The Morgan fingerprint density at radius 3 is 2.79 bits per heavy atom. The topological polar surface area (TPSA) is 46.2 Å². The van der Waals surface area contributed by atoms with Gasteiger partial charge >= 0.3 is 0 Å². The summed E-state index contributed by atoms with van der Waals surface area (Å²) in [7, 11) is 0. The molecule has 1 unspecified atom stereocenters. The van der Waals surface area contributed by atoms with Crippen LogP contribution in [0.15, 0.2) is 53.9 Å². The highest BCUT2D eigenvalue weighted by Gasteiger charge is 2.12. The lowest BCUT2D eigenvalue weighted by atomic mass is 10.0. The molecule has 0 amide bonds. The summed E-state index contributed by atoms with van der Waals surface area (Å²) in [5, 5.41) is 13.7. The van der Waals surface area contributed by atoms with Crippen LogP contribution in [0.2, 0.25) is 0 Å². The van der Waals surface area contributed by atoms with Crippen LogP contribution in [0.3, 0.4) is 0 Å². The number of rotatable bonds is 3. The van der Waals surface area contributed by atoms with E-state index in [1.807, 2.05) is 36.4 Å². The molecule has 3 heteroatoms. The van der Waals surface area contributed by atoms with E-state index >= 15 is 0 Å². The number of anilines is 1. The van der Waals surface area contributed by atoms with Crippen LogP contribution in [0.25, 0.3) is 10.1 Å². The molecule has 1 heterocycles. The van der Waals surface area contributed by atoms with Gasteiger partial charge in [-0.1, -0.05) is 30.3 Å². The molecule has 1 aromatic heterocycles. The van der Waals surface area contributed by atoms with Crippen LogP contribution in [0.5, 0.6) is 0 Å². The first-order valence-electron chi connectivity index (χ1n) is 6.22. The lowest BCUT2D eigenvalue weighted by Crippen LogP contribution is -2.02. The average molecular weight is 269 g/mol. The lowest BCUT2D eigenvalue weighted by molar-refractivity contribution is 0.179. The van der Waals surface area contributed by atoms with Crippen molar-refractivity contribution < 1.29 is 5.11 Å². The van der Waals surface area contributed by atoms with Crippen LogP contribution in [0.4, 0.5) is 5.69 Å². The zero-order valence-corrected chi connectivity index (χ0v) is 11.2. The maximum atomic E-state index is 10.3. The Kier molecular flexibility index (Phi) is 3.23. The number of hydrogen-bond acceptors (Lipinski definition) is 3. The number of aliphatic hydroxyl groups is 1. The molecule has 0 saturated heterocycles. The van der Waals surface area contributed by atoms with Gasteiger partial charge in [0, 0.05) is 16.8 Å². The molecule has 19 heavy (non-hydrogen) atoms. The molecule has 2 nitrogen and oxygen atoms in total. The molecule has 0 saturated carbocycles. The molecule has 0 aliphatic carbocycles. The fourth-order valence-corrected chi connectivity index (χ4v) is 3.26. The highest BCUT2D eigenvalue weighted by molar-refractivity contribution is 7.17. The third kappa shape index (κ3) is 2.48. The first-order valence-corrected chi connectivity index (χ1v) is 7.10. The van der Waals surface area contributed by atoms with E-state index in [0.717, 1.165) is 5.56 Å². The quantitative estimate of drug-likeness (QED) is 0.711. The summed E-state index contributed by atoms with van der Waals surface area (Å²) in [5.41, 5.74) is 8.50. The molecular formula is C16H15NOS. The summed E-state index contributed by atoms with van der Waals surface area (Å²) in [5.74, 6) is 0. The monoisotopic (exact) mass is 269 g/mol. The van der Waals surface area contributed by atoms with Crippen molar-refractivity contribution in [3.05, 3.63) is 65.0 Å². The zero-order valence-electron chi connectivity index (χ0n) is 10.4. The van der Waals surface area contributed by atoms with Crippen molar-refractivity contribution in [3.63, 3.8) is 0 Å². The molecule has 0 spiro atoms. The Bertz CT molecular complexity index is 705. The highest BCUT2D eigenvalue weighted by Crippen LogP contribution is 2.29. The number of nitrogens with two attached hydrogens (primary N) is 1. The van der Waals surface area contributed by atoms with Crippen molar-refractivity contribution in [2.75, 3.05) is 5.73 Å². The van der Waals surface area contributed by atoms with Crippen molar-refractivity contribution in [3.8, 4) is 0 Å². The third-order valence-corrected chi connectivity index (χ3v) is 4.28. The minimum absolute atomic E-state index is 0.512. The van der Waals surface area contributed by atoms with E-state index in [1.54, 1.807) is 11.3 Å². The minimum Gasteiger partial charge on any atom is -0.399 e. The van der Waals surface area contributed by atoms with Gasteiger partial charge in [0.05, 0.1) is 6.10 Å². The maximum absolute atomic E-state index is 10.3. The van der Waals surface area contributed by atoms with Crippen molar-refractivity contribution in [2.45, 2.75) is 12.5 Å². The summed E-state index contributed by atoms with van der Waals surface area (Å²) in [4.78, 5) is 0. The Hall–Kier alpha value is -1.84. The van der Waals surface area contributed by atoms with Gasteiger partial charge in [0.1, 0.15) is 0 Å². The van der Waals surface area contributed by atoms with Gasteiger partial charge < -0.3 is 10.8 Å². The van der Waals surface area contributed by atoms with Gasteiger partial charge in [-0.3, -0.25) is 0 Å². The first kappa shape index (κ1) is 12.2. The summed E-state index contributed by atoms with van der Waals surface area (Å²) in [6.45, 7) is 0. The molecule has 3 aromatic rings. The zero-order chi connectivity index (χ0) is 13.2. The summed E-state index contributed by atoms with van der Waals surface area (Å²) in [6.07, 6.45) is 0.106. The van der Waals surface area contributed by atoms with Crippen LogP contribution < -0.4 is 5.73 Å². The van der Waals surface area contributed by atoms with E-state index in [1.165, 1.54) is 15.6 Å².